The largest absolute Gasteiger partial charge is 0.318 e. The molecule has 1 heterocycles. The first-order valence-corrected chi connectivity index (χ1v) is 5.75. The molecule has 4 nitrogen and oxygen atoms in total. The smallest absolute Gasteiger partial charge is 0.233 e. The molecule has 2 atom stereocenters. The lowest BCUT2D eigenvalue weighted by Crippen LogP contribution is -2.36. The summed E-state index contributed by atoms with van der Waals surface area (Å²) >= 11 is 0. The van der Waals surface area contributed by atoms with Gasteiger partial charge in [-0.15, -0.1) is 0 Å². The second-order valence-corrected chi connectivity index (χ2v) is 4.43. The van der Waals surface area contributed by atoms with Gasteiger partial charge >= 0.3 is 0 Å². The van der Waals surface area contributed by atoms with E-state index in [0.29, 0.717) is 13.1 Å². The van der Waals surface area contributed by atoms with Gasteiger partial charge in [0, 0.05) is 13.1 Å². The van der Waals surface area contributed by atoms with Crippen molar-refractivity contribution in [3.63, 3.8) is 0 Å². The molecule has 15 heavy (non-hydrogen) atoms. The summed E-state index contributed by atoms with van der Waals surface area (Å²) in [5, 5.41) is 2.97. The first-order valence-electron chi connectivity index (χ1n) is 5.75. The van der Waals surface area contributed by atoms with E-state index < -0.39 is 0 Å². The highest BCUT2D eigenvalue weighted by Crippen LogP contribution is 2.37. The number of carbonyl (C=O) groups is 2. The van der Waals surface area contributed by atoms with Gasteiger partial charge < -0.3 is 5.32 Å². The molecule has 0 aromatic heterocycles. The first-order chi connectivity index (χ1) is 7.25. The van der Waals surface area contributed by atoms with Crippen molar-refractivity contribution < 1.29 is 9.59 Å². The van der Waals surface area contributed by atoms with E-state index in [9.17, 15) is 9.59 Å². The maximum absolute atomic E-state index is 11.9. The molecular weight excluding hydrogens is 192 g/mol. The molecule has 0 bridgehead atoms. The van der Waals surface area contributed by atoms with Crippen LogP contribution in [0.5, 0.6) is 0 Å². The molecule has 84 valence electrons. The Labute approximate surface area is 90.0 Å². The Kier molecular flexibility index (Phi) is 3.05. The fraction of sp³-hybridized carbons (Fsp3) is 0.818. The van der Waals surface area contributed by atoms with Crippen molar-refractivity contribution in [1.82, 2.24) is 10.2 Å². The van der Waals surface area contributed by atoms with Crippen molar-refractivity contribution in [2.24, 2.45) is 11.8 Å². The number of carbonyl (C=O) groups excluding carboxylic acids is 2. The van der Waals surface area contributed by atoms with Gasteiger partial charge in [0.25, 0.3) is 0 Å². The predicted molar refractivity (Wildman–Crippen MR) is 56.1 cm³/mol. The average molecular weight is 210 g/mol. The molecule has 1 saturated carbocycles. The predicted octanol–water partition coefficient (Wildman–Crippen LogP) is 0.381. The molecule has 1 aliphatic carbocycles. The van der Waals surface area contributed by atoms with Crippen LogP contribution in [0, 0.1) is 11.8 Å². The van der Waals surface area contributed by atoms with E-state index in [4.69, 9.17) is 0 Å². The highest BCUT2D eigenvalue weighted by Gasteiger charge is 2.47. The second kappa shape index (κ2) is 4.31. The Morgan fingerprint density at radius 3 is 2.20 bits per heavy atom. The standard InChI is InChI=1S/C11H18N2O2/c1-12-6-7-13-10(14)8-4-2-3-5-9(8)11(13)15/h8-9,12H,2-7H2,1H3. The Bertz CT molecular complexity index is 254. The minimum Gasteiger partial charge on any atom is -0.318 e. The highest BCUT2D eigenvalue weighted by atomic mass is 16.2. The van der Waals surface area contributed by atoms with Gasteiger partial charge in [0.15, 0.2) is 0 Å². The van der Waals surface area contributed by atoms with Gasteiger partial charge in [-0.2, -0.15) is 0 Å². The quantitative estimate of drug-likeness (QED) is 0.685. The molecule has 1 N–H and O–H groups in total. The maximum Gasteiger partial charge on any atom is 0.233 e. The second-order valence-electron chi connectivity index (χ2n) is 4.43. The normalized spacial score (nSPS) is 30.9. The molecular formula is C11H18N2O2. The number of likely N-dealkylation sites (tertiary alicyclic amines) is 1. The summed E-state index contributed by atoms with van der Waals surface area (Å²) < 4.78 is 0. The highest BCUT2D eigenvalue weighted by molar-refractivity contribution is 6.05. The van der Waals surface area contributed by atoms with E-state index in [0.717, 1.165) is 25.7 Å². The van der Waals surface area contributed by atoms with Crippen molar-refractivity contribution >= 4 is 11.8 Å². The Hall–Kier alpha value is -0.900. The lowest BCUT2D eigenvalue weighted by Gasteiger charge is -2.19. The van der Waals surface area contributed by atoms with Crippen LogP contribution in [-0.4, -0.2) is 36.9 Å². The Balaban J connectivity index is 2.07. The summed E-state index contributed by atoms with van der Waals surface area (Å²) in [4.78, 5) is 25.3. The van der Waals surface area contributed by atoms with E-state index in [1.54, 1.807) is 0 Å². The lowest BCUT2D eigenvalue weighted by molar-refractivity contribution is -0.139. The summed E-state index contributed by atoms with van der Waals surface area (Å²) in [6.45, 7) is 1.22. The van der Waals surface area contributed by atoms with Crippen molar-refractivity contribution in [3.05, 3.63) is 0 Å². The fourth-order valence-corrected chi connectivity index (χ4v) is 2.67. The first kappa shape index (κ1) is 10.6. The number of hydrogen-bond donors (Lipinski definition) is 1. The molecule has 0 aromatic rings. The molecule has 2 aliphatic rings. The minimum absolute atomic E-state index is 0.00288. The number of likely N-dealkylation sites (N-methyl/N-ethyl adjacent to an activating group) is 1. The van der Waals surface area contributed by atoms with Crippen LogP contribution in [0.2, 0.25) is 0 Å². The summed E-state index contributed by atoms with van der Waals surface area (Å²) in [6.07, 6.45) is 4.01. The van der Waals surface area contributed by atoms with Crippen LogP contribution in [0.25, 0.3) is 0 Å². The lowest BCUT2D eigenvalue weighted by atomic mass is 9.81. The SMILES string of the molecule is CNCCN1C(=O)C2CCCCC2C1=O. The third kappa shape index (κ3) is 1.78. The summed E-state index contributed by atoms with van der Waals surface area (Å²) in [5.41, 5.74) is 0. The van der Waals surface area contributed by atoms with Crippen molar-refractivity contribution in [2.45, 2.75) is 25.7 Å². The minimum atomic E-state index is 0.00288. The van der Waals surface area contributed by atoms with Crippen LogP contribution in [0.3, 0.4) is 0 Å². The zero-order valence-corrected chi connectivity index (χ0v) is 9.16. The zero-order valence-electron chi connectivity index (χ0n) is 9.16. The summed E-state index contributed by atoms with van der Waals surface area (Å²) in [5.74, 6) is 0.145. The van der Waals surface area contributed by atoms with Crippen LogP contribution in [-0.2, 0) is 9.59 Å². The van der Waals surface area contributed by atoms with Gasteiger partial charge in [0.05, 0.1) is 11.8 Å². The summed E-state index contributed by atoms with van der Waals surface area (Å²) in [7, 11) is 1.83. The maximum atomic E-state index is 11.9. The number of nitrogens with zero attached hydrogens (tertiary/aromatic N) is 1. The topological polar surface area (TPSA) is 49.4 Å². The molecule has 0 aromatic carbocycles. The Morgan fingerprint density at radius 1 is 1.20 bits per heavy atom. The average Bonchev–Trinajstić information content (AvgIpc) is 2.51. The molecule has 4 heteroatoms. The van der Waals surface area contributed by atoms with Crippen molar-refractivity contribution in [2.75, 3.05) is 20.1 Å². The zero-order chi connectivity index (χ0) is 10.8. The van der Waals surface area contributed by atoms with E-state index in [-0.39, 0.29) is 23.7 Å². The molecule has 0 spiro atoms. The summed E-state index contributed by atoms with van der Waals surface area (Å²) in [6, 6.07) is 0. The molecule has 2 fully saturated rings. The molecule has 1 aliphatic heterocycles. The number of amides is 2. The van der Waals surface area contributed by atoms with Crippen molar-refractivity contribution in [3.8, 4) is 0 Å². The number of rotatable bonds is 3. The third-order valence-corrected chi connectivity index (χ3v) is 3.52. The molecule has 2 amide bonds. The van der Waals surface area contributed by atoms with E-state index in [1.165, 1.54) is 4.90 Å². The van der Waals surface area contributed by atoms with E-state index in [2.05, 4.69) is 5.32 Å². The van der Waals surface area contributed by atoms with Crippen molar-refractivity contribution in [1.29, 1.82) is 0 Å². The van der Waals surface area contributed by atoms with Gasteiger partial charge in [-0.1, -0.05) is 12.8 Å². The van der Waals surface area contributed by atoms with Crippen LogP contribution in [0.15, 0.2) is 0 Å². The monoisotopic (exact) mass is 210 g/mol. The molecule has 0 radical (unpaired) electrons. The number of imide groups is 1. The van der Waals surface area contributed by atoms with Gasteiger partial charge in [0.2, 0.25) is 11.8 Å². The van der Waals surface area contributed by atoms with Crippen LogP contribution in [0.1, 0.15) is 25.7 Å². The third-order valence-electron chi connectivity index (χ3n) is 3.52. The van der Waals surface area contributed by atoms with E-state index in [1.807, 2.05) is 7.05 Å². The fourth-order valence-electron chi connectivity index (χ4n) is 2.67. The van der Waals surface area contributed by atoms with Gasteiger partial charge in [-0.25, -0.2) is 0 Å². The van der Waals surface area contributed by atoms with E-state index >= 15 is 0 Å². The van der Waals surface area contributed by atoms with Crippen LogP contribution in [0.4, 0.5) is 0 Å². The molecule has 2 unspecified atom stereocenters. The number of fused-ring (bicyclic) bond motifs is 1. The molecule has 1 saturated heterocycles. The van der Waals surface area contributed by atoms with Crippen LogP contribution < -0.4 is 5.32 Å². The van der Waals surface area contributed by atoms with Gasteiger partial charge in [-0.3, -0.25) is 14.5 Å². The number of nitrogens with one attached hydrogen (secondary N) is 1. The van der Waals surface area contributed by atoms with Gasteiger partial charge in [0.1, 0.15) is 0 Å². The van der Waals surface area contributed by atoms with Gasteiger partial charge in [-0.05, 0) is 19.9 Å². The molecule has 2 rings (SSSR count). The number of hydrogen-bond acceptors (Lipinski definition) is 3. The Morgan fingerprint density at radius 2 is 1.73 bits per heavy atom. The van der Waals surface area contributed by atoms with Crippen LogP contribution >= 0.6 is 0 Å².